The summed E-state index contributed by atoms with van der Waals surface area (Å²) < 4.78 is 5.04. The van der Waals surface area contributed by atoms with E-state index >= 15 is 0 Å². The topological polar surface area (TPSA) is 35.6 Å². The third-order valence-corrected chi connectivity index (χ3v) is 12.2. The van der Waals surface area contributed by atoms with Crippen molar-refractivity contribution < 1.29 is 0 Å². The van der Waals surface area contributed by atoms with Gasteiger partial charge < -0.3 is 9.13 Å². The van der Waals surface area contributed by atoms with Gasteiger partial charge in [0, 0.05) is 60.4 Å². The summed E-state index contributed by atoms with van der Waals surface area (Å²) in [7, 11) is 0. The van der Waals surface area contributed by atoms with E-state index in [1.165, 1.54) is 65.9 Å². The third-order valence-electron chi connectivity index (χ3n) is 12.2. The van der Waals surface area contributed by atoms with E-state index in [4.69, 9.17) is 9.97 Å². The van der Waals surface area contributed by atoms with Gasteiger partial charge in [-0.05, 0) is 59.2 Å². The van der Waals surface area contributed by atoms with Crippen LogP contribution in [0.2, 0.25) is 0 Å². The summed E-state index contributed by atoms with van der Waals surface area (Å²) in [4.78, 5) is 10.5. The molecule has 0 radical (unpaired) electrons. The average molecular weight is 729 g/mol. The number of benzene rings is 8. The molecule has 8 aromatic carbocycles. The van der Waals surface area contributed by atoms with Crippen LogP contribution >= 0.6 is 0 Å². The van der Waals surface area contributed by atoms with Gasteiger partial charge in [0.2, 0.25) is 0 Å². The van der Waals surface area contributed by atoms with Crippen molar-refractivity contribution in [1.29, 1.82) is 0 Å². The molecule has 0 unspecified atom stereocenters. The molecule has 268 valence electrons. The molecule has 3 heterocycles. The minimum atomic E-state index is -0.289. The number of hydrogen-bond donors (Lipinski definition) is 0. The highest BCUT2D eigenvalue weighted by Gasteiger charge is 2.41. The Morgan fingerprint density at radius 1 is 0.456 bits per heavy atom. The molecule has 0 amide bonds. The van der Waals surface area contributed by atoms with E-state index in [9.17, 15) is 0 Å². The van der Waals surface area contributed by atoms with Crippen molar-refractivity contribution in [1.82, 2.24) is 19.1 Å². The van der Waals surface area contributed by atoms with Gasteiger partial charge in [-0.25, -0.2) is 9.97 Å². The summed E-state index contributed by atoms with van der Waals surface area (Å²) in [5.74, 6) is 0.723. The zero-order chi connectivity index (χ0) is 37.8. The van der Waals surface area contributed by atoms with Crippen LogP contribution in [0.1, 0.15) is 25.0 Å². The lowest BCUT2D eigenvalue weighted by Gasteiger charge is -2.24. The van der Waals surface area contributed by atoms with Gasteiger partial charge in [0.15, 0.2) is 5.82 Å². The Morgan fingerprint density at radius 2 is 1.02 bits per heavy atom. The Balaban J connectivity index is 1.27. The normalized spacial score (nSPS) is 13.2. The number of nitrogens with zero attached hydrogens (tertiary/aromatic N) is 4. The molecule has 0 spiro atoms. The molecule has 11 aromatic rings. The van der Waals surface area contributed by atoms with Crippen LogP contribution in [0.4, 0.5) is 0 Å². The summed E-state index contributed by atoms with van der Waals surface area (Å²) >= 11 is 0. The van der Waals surface area contributed by atoms with Crippen LogP contribution in [0, 0.1) is 0 Å². The summed E-state index contributed by atoms with van der Waals surface area (Å²) in [6.45, 7) is 4.82. The highest BCUT2D eigenvalue weighted by Crippen LogP contribution is 2.58. The highest BCUT2D eigenvalue weighted by molar-refractivity contribution is 6.33. The lowest BCUT2D eigenvalue weighted by Crippen LogP contribution is -2.16. The molecule has 12 rings (SSSR count). The van der Waals surface area contributed by atoms with Crippen molar-refractivity contribution in [2.24, 2.45) is 0 Å². The summed E-state index contributed by atoms with van der Waals surface area (Å²) in [5.41, 5.74) is 16.1. The molecular formula is C53H36N4. The summed E-state index contributed by atoms with van der Waals surface area (Å²) in [5, 5.41) is 6.07. The Morgan fingerprint density at radius 3 is 1.72 bits per heavy atom. The quantitative estimate of drug-likeness (QED) is 0.181. The molecule has 1 aliphatic rings. The molecule has 0 N–H and O–H groups in total. The van der Waals surface area contributed by atoms with E-state index < -0.39 is 0 Å². The second-order valence-electron chi connectivity index (χ2n) is 15.7. The van der Waals surface area contributed by atoms with Crippen molar-refractivity contribution >= 4 is 54.5 Å². The van der Waals surface area contributed by atoms with Crippen LogP contribution in [-0.4, -0.2) is 19.1 Å². The molecule has 0 saturated heterocycles. The zero-order valence-electron chi connectivity index (χ0n) is 31.6. The zero-order valence-corrected chi connectivity index (χ0v) is 31.6. The van der Waals surface area contributed by atoms with Crippen LogP contribution < -0.4 is 0 Å². The SMILES string of the molecule is CC1(C)c2ccccc2-c2c1c1c(c3ccccc3n1-c1ccc3nc(-c4ccccc4)nc(-c4ccccc4)c3c1)c1c3ccccc3n(-c3ccccc3)c21. The standard InChI is InChI=1S/C53H36N4/c1-53(2)41-27-15-12-24-37(41)47-48(53)51-46(45-38-25-13-16-28-43(38)56(50(45)47)35-22-10-5-11-23-35)39-26-14-17-29-44(39)57(51)36-30-31-42-40(32-36)49(33-18-6-3-7-19-33)55-52(54-42)34-20-8-4-9-21-34/h3-32H,1-2H3. The number of para-hydroxylation sites is 3. The van der Waals surface area contributed by atoms with Gasteiger partial charge in [-0.15, -0.1) is 0 Å². The second-order valence-corrected chi connectivity index (χ2v) is 15.7. The first-order valence-corrected chi connectivity index (χ1v) is 19.7. The van der Waals surface area contributed by atoms with Gasteiger partial charge in [0.25, 0.3) is 0 Å². The molecule has 0 saturated carbocycles. The molecule has 0 bridgehead atoms. The molecule has 57 heavy (non-hydrogen) atoms. The van der Waals surface area contributed by atoms with Gasteiger partial charge in [-0.3, -0.25) is 0 Å². The van der Waals surface area contributed by atoms with Crippen LogP contribution in [0.25, 0.3) is 99.7 Å². The Labute approximate surface area is 329 Å². The Hall–Kier alpha value is -7.30. The number of aromatic nitrogens is 4. The van der Waals surface area contributed by atoms with Crippen LogP contribution in [0.5, 0.6) is 0 Å². The number of rotatable bonds is 4. The fourth-order valence-electron chi connectivity index (χ4n) is 9.85. The lowest BCUT2D eigenvalue weighted by atomic mass is 9.81. The molecule has 0 aliphatic heterocycles. The predicted octanol–water partition coefficient (Wildman–Crippen LogP) is 13.5. The smallest absolute Gasteiger partial charge is 0.160 e. The fourth-order valence-corrected chi connectivity index (χ4v) is 9.85. The van der Waals surface area contributed by atoms with E-state index in [2.05, 4.69) is 187 Å². The third kappa shape index (κ3) is 4.44. The maximum atomic E-state index is 5.28. The number of fused-ring (bicyclic) bond motifs is 13. The van der Waals surface area contributed by atoms with Crippen molar-refractivity contribution in [2.75, 3.05) is 0 Å². The molecule has 0 atom stereocenters. The summed E-state index contributed by atoms with van der Waals surface area (Å²) in [6.07, 6.45) is 0. The Kier molecular flexibility index (Phi) is 6.65. The summed E-state index contributed by atoms with van der Waals surface area (Å²) in [6, 6.07) is 65.4. The second kappa shape index (κ2) is 11.8. The minimum Gasteiger partial charge on any atom is -0.309 e. The van der Waals surface area contributed by atoms with E-state index in [1.807, 2.05) is 18.2 Å². The number of hydrogen-bond acceptors (Lipinski definition) is 2. The van der Waals surface area contributed by atoms with E-state index in [1.54, 1.807) is 0 Å². The Bertz CT molecular complexity index is 3410. The molecule has 1 aliphatic carbocycles. The van der Waals surface area contributed by atoms with Crippen LogP contribution in [-0.2, 0) is 5.41 Å². The van der Waals surface area contributed by atoms with Gasteiger partial charge >= 0.3 is 0 Å². The van der Waals surface area contributed by atoms with Gasteiger partial charge in [-0.2, -0.15) is 0 Å². The van der Waals surface area contributed by atoms with Crippen LogP contribution in [0.3, 0.4) is 0 Å². The maximum Gasteiger partial charge on any atom is 0.160 e. The van der Waals surface area contributed by atoms with E-state index in [0.717, 1.165) is 44.9 Å². The molecule has 4 heteroatoms. The van der Waals surface area contributed by atoms with Crippen molar-refractivity contribution in [3.63, 3.8) is 0 Å². The largest absolute Gasteiger partial charge is 0.309 e. The average Bonchev–Trinajstić information content (AvgIpc) is 3.87. The lowest BCUT2D eigenvalue weighted by molar-refractivity contribution is 0.664. The van der Waals surface area contributed by atoms with E-state index in [0.29, 0.717) is 0 Å². The monoisotopic (exact) mass is 728 g/mol. The minimum absolute atomic E-state index is 0.289. The van der Waals surface area contributed by atoms with Gasteiger partial charge in [0.05, 0.1) is 33.3 Å². The molecular weight excluding hydrogens is 693 g/mol. The van der Waals surface area contributed by atoms with Crippen molar-refractivity contribution in [3.05, 3.63) is 193 Å². The molecule has 4 nitrogen and oxygen atoms in total. The van der Waals surface area contributed by atoms with Gasteiger partial charge in [-0.1, -0.05) is 153 Å². The van der Waals surface area contributed by atoms with Crippen molar-refractivity contribution in [3.8, 4) is 45.1 Å². The maximum absolute atomic E-state index is 5.28. The first-order valence-electron chi connectivity index (χ1n) is 19.7. The highest BCUT2D eigenvalue weighted by atomic mass is 15.0. The molecule has 0 fully saturated rings. The fraction of sp³-hybridized carbons (Fsp3) is 0.0566. The van der Waals surface area contributed by atoms with E-state index in [-0.39, 0.29) is 5.41 Å². The first kappa shape index (κ1) is 32.0. The van der Waals surface area contributed by atoms with Crippen molar-refractivity contribution in [2.45, 2.75) is 19.3 Å². The van der Waals surface area contributed by atoms with Gasteiger partial charge in [0.1, 0.15) is 0 Å². The molecule has 3 aromatic heterocycles. The van der Waals surface area contributed by atoms with Crippen LogP contribution in [0.15, 0.2) is 182 Å². The predicted molar refractivity (Wildman–Crippen MR) is 237 cm³/mol. The first-order chi connectivity index (χ1) is 28.1.